The Morgan fingerprint density at radius 3 is 2.61 bits per heavy atom. The van der Waals surface area contributed by atoms with Gasteiger partial charge in [-0.3, -0.25) is 4.90 Å². The molecule has 2 fully saturated rings. The van der Waals surface area contributed by atoms with E-state index in [1.807, 2.05) is 6.07 Å². The van der Waals surface area contributed by atoms with Gasteiger partial charge in [-0.2, -0.15) is 4.31 Å². The molecule has 3 rings (SSSR count). The van der Waals surface area contributed by atoms with Crippen LogP contribution in [0.4, 0.5) is 0 Å². The number of aliphatic hydroxyl groups is 1. The highest BCUT2D eigenvalue weighted by atomic mass is 32.2. The third-order valence-electron chi connectivity index (χ3n) is 4.63. The number of hydrogen-bond acceptors (Lipinski definition) is 5. The molecule has 23 heavy (non-hydrogen) atoms. The first kappa shape index (κ1) is 16.9. The summed E-state index contributed by atoms with van der Waals surface area (Å²) >= 11 is 0. The molecule has 1 atom stereocenters. The molecule has 0 bridgehead atoms. The Bertz CT molecular complexity index is 658. The summed E-state index contributed by atoms with van der Waals surface area (Å²) in [4.78, 5) is 2.48. The van der Waals surface area contributed by atoms with Gasteiger partial charge in [0.1, 0.15) is 0 Å². The van der Waals surface area contributed by atoms with Crippen LogP contribution in [0.2, 0.25) is 0 Å². The van der Waals surface area contributed by atoms with Crippen LogP contribution >= 0.6 is 0 Å². The van der Waals surface area contributed by atoms with E-state index in [9.17, 15) is 13.5 Å². The number of ether oxygens (including phenoxy) is 1. The van der Waals surface area contributed by atoms with Crippen molar-refractivity contribution in [2.75, 3.05) is 45.9 Å². The molecular weight excluding hydrogens is 316 g/mol. The highest BCUT2D eigenvalue weighted by molar-refractivity contribution is 7.89. The van der Waals surface area contributed by atoms with Gasteiger partial charge in [0.25, 0.3) is 0 Å². The average Bonchev–Trinajstić information content (AvgIpc) is 2.91. The van der Waals surface area contributed by atoms with Gasteiger partial charge in [-0.1, -0.05) is 18.2 Å². The summed E-state index contributed by atoms with van der Waals surface area (Å²) in [5.74, 6) is 0. The van der Waals surface area contributed by atoms with Crippen LogP contribution < -0.4 is 0 Å². The van der Waals surface area contributed by atoms with Crippen molar-refractivity contribution in [2.24, 2.45) is 0 Å². The number of sulfonamides is 1. The molecule has 1 aromatic carbocycles. The van der Waals surface area contributed by atoms with Gasteiger partial charge in [0.15, 0.2) is 0 Å². The van der Waals surface area contributed by atoms with Crippen molar-refractivity contribution < 1.29 is 18.3 Å². The van der Waals surface area contributed by atoms with Crippen molar-refractivity contribution in [1.82, 2.24) is 9.21 Å². The van der Waals surface area contributed by atoms with Crippen molar-refractivity contribution in [3.8, 4) is 0 Å². The van der Waals surface area contributed by atoms with Gasteiger partial charge in [-0.25, -0.2) is 8.42 Å². The fraction of sp³-hybridized carbons (Fsp3) is 0.625. The van der Waals surface area contributed by atoms with Gasteiger partial charge in [0.2, 0.25) is 10.0 Å². The quantitative estimate of drug-likeness (QED) is 0.862. The molecule has 0 aliphatic carbocycles. The van der Waals surface area contributed by atoms with E-state index in [1.165, 1.54) is 4.31 Å². The molecule has 2 aliphatic heterocycles. The second kappa shape index (κ2) is 6.49. The van der Waals surface area contributed by atoms with Crippen LogP contribution in [-0.2, 0) is 14.8 Å². The van der Waals surface area contributed by atoms with E-state index in [0.717, 1.165) is 18.7 Å². The SMILES string of the molecule is Cc1ccccc1S(=O)(=O)N1CCC(O)(CN2CCOCC2)C1. The van der Waals surface area contributed by atoms with Gasteiger partial charge < -0.3 is 9.84 Å². The third kappa shape index (κ3) is 3.59. The lowest BCUT2D eigenvalue weighted by Crippen LogP contribution is -2.49. The molecule has 7 heteroatoms. The van der Waals surface area contributed by atoms with Gasteiger partial charge in [0, 0.05) is 32.7 Å². The van der Waals surface area contributed by atoms with E-state index in [4.69, 9.17) is 4.74 Å². The van der Waals surface area contributed by atoms with E-state index in [-0.39, 0.29) is 6.54 Å². The lowest BCUT2D eigenvalue weighted by Gasteiger charge is -2.33. The topological polar surface area (TPSA) is 70.1 Å². The zero-order chi connectivity index (χ0) is 16.5. The minimum absolute atomic E-state index is 0.154. The second-order valence-corrected chi connectivity index (χ2v) is 8.37. The van der Waals surface area contributed by atoms with Gasteiger partial charge in [0.05, 0.1) is 23.7 Å². The number of nitrogens with zero attached hydrogens (tertiary/aromatic N) is 2. The molecule has 1 N–H and O–H groups in total. The van der Waals surface area contributed by atoms with Gasteiger partial charge in [-0.15, -0.1) is 0 Å². The predicted octanol–water partition coefficient (Wildman–Crippen LogP) is 0.453. The molecule has 128 valence electrons. The molecule has 6 nitrogen and oxygen atoms in total. The maximum absolute atomic E-state index is 12.8. The standard InChI is InChI=1S/C16H24N2O4S/c1-14-4-2-3-5-15(14)23(20,21)18-7-6-16(19,13-18)12-17-8-10-22-11-9-17/h2-5,19H,6-13H2,1H3. The summed E-state index contributed by atoms with van der Waals surface area (Å²) in [5.41, 5.74) is -0.247. The Morgan fingerprint density at radius 2 is 1.91 bits per heavy atom. The Labute approximate surface area is 137 Å². The number of aryl methyl sites for hydroxylation is 1. The molecule has 1 aromatic rings. The highest BCUT2D eigenvalue weighted by Gasteiger charge is 2.43. The molecule has 0 saturated carbocycles. The first-order valence-corrected chi connectivity index (χ1v) is 9.43. The summed E-state index contributed by atoms with van der Waals surface area (Å²) in [5, 5.41) is 10.8. The molecule has 2 aliphatic rings. The number of β-amino-alcohol motifs (C(OH)–C–C–N with tert-alkyl or cyclic N) is 1. The average molecular weight is 340 g/mol. The number of hydrogen-bond donors (Lipinski definition) is 1. The smallest absolute Gasteiger partial charge is 0.243 e. The van der Waals surface area contributed by atoms with Crippen LogP contribution in [0, 0.1) is 6.92 Å². The van der Waals surface area contributed by atoms with Crippen molar-refractivity contribution in [3.63, 3.8) is 0 Å². The summed E-state index contributed by atoms with van der Waals surface area (Å²) < 4.78 is 32.4. The minimum atomic E-state index is -3.55. The van der Waals surface area contributed by atoms with E-state index < -0.39 is 15.6 Å². The monoisotopic (exact) mass is 340 g/mol. The molecule has 0 aromatic heterocycles. The fourth-order valence-corrected chi connectivity index (χ4v) is 5.06. The Morgan fingerprint density at radius 1 is 1.22 bits per heavy atom. The van der Waals surface area contributed by atoms with Crippen molar-refractivity contribution in [3.05, 3.63) is 29.8 Å². The fourth-order valence-electron chi connectivity index (χ4n) is 3.31. The van der Waals surface area contributed by atoms with E-state index >= 15 is 0 Å². The zero-order valence-electron chi connectivity index (χ0n) is 13.4. The normalized spacial score (nSPS) is 27.4. The summed E-state index contributed by atoms with van der Waals surface area (Å²) in [6.45, 7) is 5.71. The maximum Gasteiger partial charge on any atom is 0.243 e. The minimum Gasteiger partial charge on any atom is -0.387 e. The van der Waals surface area contributed by atoms with Crippen molar-refractivity contribution in [1.29, 1.82) is 0 Å². The Balaban J connectivity index is 1.72. The first-order valence-electron chi connectivity index (χ1n) is 7.99. The maximum atomic E-state index is 12.8. The van der Waals surface area contributed by atoms with E-state index in [0.29, 0.717) is 37.6 Å². The molecule has 2 saturated heterocycles. The Hall–Kier alpha value is -0.990. The van der Waals surface area contributed by atoms with Gasteiger partial charge in [-0.05, 0) is 25.0 Å². The van der Waals surface area contributed by atoms with Gasteiger partial charge >= 0.3 is 0 Å². The number of morpholine rings is 1. The first-order chi connectivity index (χ1) is 10.9. The lowest BCUT2D eigenvalue weighted by atomic mass is 10.0. The molecule has 1 unspecified atom stereocenters. The molecule has 2 heterocycles. The van der Waals surface area contributed by atoms with Crippen molar-refractivity contribution >= 4 is 10.0 Å². The van der Waals surface area contributed by atoms with Crippen LogP contribution in [0.1, 0.15) is 12.0 Å². The highest BCUT2D eigenvalue weighted by Crippen LogP contribution is 2.29. The summed E-state index contributed by atoms with van der Waals surface area (Å²) in [7, 11) is -3.55. The van der Waals surface area contributed by atoms with Crippen LogP contribution in [0.5, 0.6) is 0 Å². The molecule has 0 amide bonds. The number of rotatable bonds is 4. The van der Waals surface area contributed by atoms with E-state index in [1.54, 1.807) is 25.1 Å². The molecular formula is C16H24N2O4S. The largest absolute Gasteiger partial charge is 0.387 e. The lowest BCUT2D eigenvalue weighted by molar-refractivity contribution is -0.0239. The molecule has 0 spiro atoms. The van der Waals surface area contributed by atoms with Crippen LogP contribution in [0.3, 0.4) is 0 Å². The van der Waals surface area contributed by atoms with Crippen LogP contribution in [0.15, 0.2) is 29.2 Å². The van der Waals surface area contributed by atoms with Crippen LogP contribution in [0.25, 0.3) is 0 Å². The summed E-state index contributed by atoms with van der Waals surface area (Å²) in [6, 6.07) is 6.98. The van der Waals surface area contributed by atoms with Crippen LogP contribution in [-0.4, -0.2) is 74.3 Å². The zero-order valence-corrected chi connectivity index (χ0v) is 14.3. The van der Waals surface area contributed by atoms with Crippen molar-refractivity contribution in [2.45, 2.75) is 23.8 Å². The Kier molecular flexibility index (Phi) is 4.75. The summed E-state index contributed by atoms with van der Waals surface area (Å²) in [6.07, 6.45) is 0.468. The number of benzene rings is 1. The predicted molar refractivity (Wildman–Crippen MR) is 86.8 cm³/mol. The second-order valence-electron chi connectivity index (χ2n) is 6.47. The third-order valence-corrected chi connectivity index (χ3v) is 6.64. The van der Waals surface area contributed by atoms with E-state index in [2.05, 4.69) is 4.90 Å². The molecule has 0 radical (unpaired) electrons.